The number of nitrogens with one attached hydrogen (secondary N) is 2. The maximum atomic E-state index is 12.0. The number of carbonyl (C=O) groups excluding carboxylic acids is 1. The standard InChI is InChI=1S/C17H21N3O2/c1-12(13-7-3-2-4-8-13)22-20-17(21)11-16-14-9-5-6-10-15(14)18-19-16/h2-4,7-8,12H,5-6,9-11H2,1H3,(H,18,19)(H,20,21). The van der Waals surface area contributed by atoms with Crippen molar-refractivity contribution in [2.45, 2.75) is 45.1 Å². The van der Waals surface area contributed by atoms with Crippen LogP contribution in [0.5, 0.6) is 0 Å². The van der Waals surface area contributed by atoms with Gasteiger partial charge in [-0.25, -0.2) is 5.48 Å². The molecule has 0 fully saturated rings. The summed E-state index contributed by atoms with van der Waals surface area (Å²) in [7, 11) is 0. The molecule has 0 aliphatic heterocycles. The summed E-state index contributed by atoms with van der Waals surface area (Å²) in [6.45, 7) is 1.91. The normalized spacial score (nSPS) is 15.1. The van der Waals surface area contributed by atoms with Gasteiger partial charge in [-0.15, -0.1) is 0 Å². The lowest BCUT2D eigenvalue weighted by Gasteiger charge is -2.14. The van der Waals surface area contributed by atoms with Crippen molar-refractivity contribution in [1.29, 1.82) is 0 Å². The first kappa shape index (κ1) is 14.8. The predicted molar refractivity (Wildman–Crippen MR) is 83.0 cm³/mol. The number of nitrogens with zero attached hydrogens (tertiary/aromatic N) is 1. The number of benzene rings is 1. The Bertz CT molecular complexity index is 637. The van der Waals surface area contributed by atoms with Crippen LogP contribution in [0.3, 0.4) is 0 Å². The quantitative estimate of drug-likeness (QED) is 0.834. The summed E-state index contributed by atoms with van der Waals surface area (Å²) in [5.74, 6) is -0.164. The second-order valence-electron chi connectivity index (χ2n) is 5.71. The zero-order chi connectivity index (χ0) is 15.4. The van der Waals surface area contributed by atoms with Gasteiger partial charge in [0.1, 0.15) is 6.10 Å². The van der Waals surface area contributed by atoms with Crippen LogP contribution in [0.4, 0.5) is 0 Å². The molecular weight excluding hydrogens is 278 g/mol. The zero-order valence-electron chi connectivity index (χ0n) is 12.8. The summed E-state index contributed by atoms with van der Waals surface area (Å²) >= 11 is 0. The Morgan fingerprint density at radius 1 is 1.32 bits per heavy atom. The van der Waals surface area contributed by atoms with Crippen LogP contribution >= 0.6 is 0 Å². The van der Waals surface area contributed by atoms with E-state index in [0.717, 1.165) is 24.1 Å². The van der Waals surface area contributed by atoms with Crippen molar-refractivity contribution in [2.75, 3.05) is 0 Å². The van der Waals surface area contributed by atoms with Crippen molar-refractivity contribution < 1.29 is 9.63 Å². The number of fused-ring (bicyclic) bond motifs is 1. The molecule has 1 aromatic carbocycles. The number of hydroxylamine groups is 1. The van der Waals surface area contributed by atoms with Crippen molar-refractivity contribution in [2.24, 2.45) is 0 Å². The number of carbonyl (C=O) groups is 1. The first-order valence-electron chi connectivity index (χ1n) is 7.78. The molecular formula is C17H21N3O2. The Hall–Kier alpha value is -2.14. The molecule has 0 radical (unpaired) electrons. The number of amides is 1. The molecule has 0 saturated carbocycles. The Labute approximate surface area is 130 Å². The van der Waals surface area contributed by atoms with E-state index in [1.54, 1.807) is 0 Å². The first-order valence-corrected chi connectivity index (χ1v) is 7.78. The number of hydrogen-bond donors (Lipinski definition) is 2. The molecule has 0 spiro atoms. The highest BCUT2D eigenvalue weighted by Gasteiger charge is 2.19. The van der Waals surface area contributed by atoms with Crippen LogP contribution in [-0.2, 0) is 28.9 Å². The largest absolute Gasteiger partial charge is 0.282 e. The van der Waals surface area contributed by atoms with Gasteiger partial charge in [0.05, 0.1) is 12.1 Å². The van der Waals surface area contributed by atoms with Crippen LogP contribution in [-0.4, -0.2) is 16.1 Å². The van der Waals surface area contributed by atoms with Crippen molar-refractivity contribution >= 4 is 5.91 Å². The minimum Gasteiger partial charge on any atom is -0.282 e. The second kappa shape index (κ2) is 6.75. The maximum Gasteiger partial charge on any atom is 0.249 e. The Kier molecular flexibility index (Phi) is 4.53. The zero-order valence-corrected chi connectivity index (χ0v) is 12.8. The minimum absolute atomic E-state index is 0.164. The molecule has 22 heavy (non-hydrogen) atoms. The number of rotatable bonds is 5. The van der Waals surface area contributed by atoms with Crippen LogP contribution in [0.2, 0.25) is 0 Å². The molecule has 1 aliphatic rings. The summed E-state index contributed by atoms with van der Waals surface area (Å²) in [5, 5.41) is 7.33. The number of H-pyrrole nitrogens is 1. The van der Waals surface area contributed by atoms with E-state index in [1.165, 1.54) is 24.1 Å². The fraction of sp³-hybridized carbons (Fsp3) is 0.412. The molecule has 0 saturated heterocycles. The fourth-order valence-corrected chi connectivity index (χ4v) is 2.83. The lowest BCUT2D eigenvalue weighted by atomic mass is 9.95. The van der Waals surface area contributed by atoms with Gasteiger partial charge in [0.25, 0.3) is 0 Å². The first-order chi connectivity index (χ1) is 10.7. The van der Waals surface area contributed by atoms with Crippen LogP contribution in [0.1, 0.15) is 48.4 Å². The van der Waals surface area contributed by atoms with E-state index >= 15 is 0 Å². The summed E-state index contributed by atoms with van der Waals surface area (Å²) in [5.41, 5.74) is 6.82. The van der Waals surface area contributed by atoms with Gasteiger partial charge in [-0.2, -0.15) is 5.10 Å². The monoisotopic (exact) mass is 299 g/mol. The van der Waals surface area contributed by atoms with Gasteiger partial charge in [0.15, 0.2) is 0 Å². The molecule has 116 valence electrons. The van der Waals surface area contributed by atoms with Gasteiger partial charge < -0.3 is 0 Å². The molecule has 2 N–H and O–H groups in total. The third-order valence-corrected chi connectivity index (χ3v) is 4.09. The molecule has 1 aromatic heterocycles. The summed E-state index contributed by atoms with van der Waals surface area (Å²) in [4.78, 5) is 17.5. The molecule has 1 amide bonds. The maximum absolute atomic E-state index is 12.0. The summed E-state index contributed by atoms with van der Waals surface area (Å²) in [6.07, 6.45) is 4.48. The van der Waals surface area contributed by atoms with Crippen LogP contribution in [0, 0.1) is 0 Å². The van der Waals surface area contributed by atoms with Gasteiger partial charge >= 0.3 is 0 Å². The van der Waals surface area contributed by atoms with E-state index < -0.39 is 0 Å². The summed E-state index contributed by atoms with van der Waals surface area (Å²) < 4.78 is 0. The highest BCUT2D eigenvalue weighted by molar-refractivity contribution is 5.77. The molecule has 2 aromatic rings. The average Bonchev–Trinajstić information content (AvgIpc) is 2.97. The van der Waals surface area contributed by atoms with Gasteiger partial charge in [-0.1, -0.05) is 30.3 Å². The highest BCUT2D eigenvalue weighted by Crippen LogP contribution is 2.22. The Balaban J connectivity index is 1.54. The van der Waals surface area contributed by atoms with Crippen molar-refractivity contribution in [3.63, 3.8) is 0 Å². The third kappa shape index (κ3) is 3.36. The molecule has 5 heteroatoms. The molecule has 1 heterocycles. The number of aryl methyl sites for hydroxylation is 1. The number of aromatic nitrogens is 2. The molecule has 0 bridgehead atoms. The van der Waals surface area contributed by atoms with Crippen LogP contribution < -0.4 is 5.48 Å². The van der Waals surface area contributed by atoms with Crippen molar-refractivity contribution in [1.82, 2.24) is 15.7 Å². The third-order valence-electron chi connectivity index (χ3n) is 4.09. The number of hydrogen-bond acceptors (Lipinski definition) is 3. The van der Waals surface area contributed by atoms with Gasteiger partial charge in [-0.3, -0.25) is 14.7 Å². The predicted octanol–water partition coefficient (Wildman–Crippen LogP) is 2.64. The van der Waals surface area contributed by atoms with Gasteiger partial charge in [-0.05, 0) is 43.7 Å². The van der Waals surface area contributed by atoms with Gasteiger partial charge in [0.2, 0.25) is 5.91 Å². The van der Waals surface area contributed by atoms with E-state index in [2.05, 4.69) is 15.7 Å². The van der Waals surface area contributed by atoms with E-state index in [-0.39, 0.29) is 18.4 Å². The highest BCUT2D eigenvalue weighted by atomic mass is 16.7. The average molecular weight is 299 g/mol. The fourth-order valence-electron chi connectivity index (χ4n) is 2.83. The van der Waals surface area contributed by atoms with E-state index in [0.29, 0.717) is 0 Å². The van der Waals surface area contributed by atoms with Gasteiger partial charge in [0, 0.05) is 5.69 Å². The van der Waals surface area contributed by atoms with Crippen LogP contribution in [0.25, 0.3) is 0 Å². The van der Waals surface area contributed by atoms with Crippen molar-refractivity contribution in [3.8, 4) is 0 Å². The molecule has 5 nitrogen and oxygen atoms in total. The molecule has 1 unspecified atom stereocenters. The summed E-state index contributed by atoms with van der Waals surface area (Å²) in [6, 6.07) is 9.80. The van der Waals surface area contributed by atoms with E-state index in [1.807, 2.05) is 37.3 Å². The minimum atomic E-state index is -0.182. The van der Waals surface area contributed by atoms with E-state index in [9.17, 15) is 4.79 Å². The Morgan fingerprint density at radius 3 is 2.91 bits per heavy atom. The molecule has 3 rings (SSSR count). The second-order valence-corrected chi connectivity index (χ2v) is 5.71. The smallest absolute Gasteiger partial charge is 0.249 e. The molecule has 1 atom stereocenters. The topological polar surface area (TPSA) is 67.0 Å². The molecule has 1 aliphatic carbocycles. The lowest BCUT2D eigenvalue weighted by molar-refractivity contribution is -0.137. The van der Waals surface area contributed by atoms with Crippen LogP contribution in [0.15, 0.2) is 30.3 Å². The van der Waals surface area contributed by atoms with E-state index in [4.69, 9.17) is 4.84 Å². The lowest BCUT2D eigenvalue weighted by Crippen LogP contribution is -2.27. The number of aromatic amines is 1. The van der Waals surface area contributed by atoms with Crippen molar-refractivity contribution in [3.05, 3.63) is 52.8 Å². The SMILES string of the molecule is CC(ONC(=O)Cc1n[nH]c2c1CCCC2)c1ccccc1. The Morgan fingerprint density at radius 2 is 2.09 bits per heavy atom.